The number of ether oxygens (including phenoxy) is 3. The normalized spacial score (nSPS) is 20.1. The van der Waals surface area contributed by atoms with Crippen LogP contribution in [0.3, 0.4) is 0 Å². The second kappa shape index (κ2) is 17.5. The quantitative estimate of drug-likeness (QED) is 0.145. The minimum atomic E-state index is -1.30. The van der Waals surface area contributed by atoms with Gasteiger partial charge in [-0.3, -0.25) is 0 Å². The number of anilines is 2. The lowest BCUT2D eigenvalue weighted by atomic mass is 9.82. The number of nitrogens with zero attached hydrogens (tertiary/aromatic N) is 7. The Morgan fingerprint density at radius 3 is 2.73 bits per heavy atom. The van der Waals surface area contributed by atoms with Crippen molar-refractivity contribution in [2.45, 2.75) is 89.6 Å². The maximum Gasteiger partial charge on any atom is 0.505 e. The van der Waals surface area contributed by atoms with Gasteiger partial charge in [-0.2, -0.15) is 10.1 Å². The van der Waals surface area contributed by atoms with Gasteiger partial charge in [-0.1, -0.05) is 17.7 Å². The van der Waals surface area contributed by atoms with Gasteiger partial charge in [0, 0.05) is 56.1 Å². The standard InChI is InChI=1S/C33H45ClN10O5/c1-22(18-48-19-31-41-43-44(42-31)23(2)10-13-49-32(45)46)38-24-6-8-25(9-7-24)39-30-16-26(27(34)17-36-30)28-4-3-5-29(40-28)37-21-33(20-35)11-14-47-15-12-33/h3-5,16-17,22-25,38H,6-15,18-19,21H2,1-2H3,(H,36,39)(H,37,40)(H,45,46)/t22-,23-,24?,25?/m1/s1. The zero-order chi connectivity index (χ0) is 34.6. The van der Waals surface area contributed by atoms with Crippen LogP contribution in [-0.4, -0.2) is 92.5 Å². The van der Waals surface area contributed by atoms with Crippen LogP contribution in [0, 0.1) is 16.7 Å². The summed E-state index contributed by atoms with van der Waals surface area (Å²) in [4.78, 5) is 21.3. The van der Waals surface area contributed by atoms with E-state index in [1.165, 1.54) is 4.80 Å². The molecule has 16 heteroatoms. The number of aromatic nitrogens is 6. The van der Waals surface area contributed by atoms with Crippen LogP contribution in [0.5, 0.6) is 0 Å². The molecule has 0 unspecified atom stereocenters. The number of nitriles is 1. The SMILES string of the molecule is C[C@H](COCc1nnn([C@H](C)CCOC(=O)O)n1)NC1CCC(Nc2cc(-c3cccc(NCC4(C#N)CCOCC4)n3)c(Cl)cn2)CC1. The van der Waals surface area contributed by atoms with Gasteiger partial charge in [-0.15, -0.1) is 10.2 Å². The maximum absolute atomic E-state index is 10.5. The Bertz CT molecular complexity index is 1550. The Morgan fingerprint density at radius 1 is 1.20 bits per heavy atom. The number of carbonyl (C=O) groups is 1. The summed E-state index contributed by atoms with van der Waals surface area (Å²) >= 11 is 6.59. The van der Waals surface area contributed by atoms with Gasteiger partial charge in [0.1, 0.15) is 18.2 Å². The van der Waals surface area contributed by atoms with Crippen molar-refractivity contribution >= 4 is 29.4 Å². The van der Waals surface area contributed by atoms with Gasteiger partial charge in [-0.05, 0) is 75.8 Å². The Hall–Kier alpha value is -4.10. The molecule has 3 aromatic heterocycles. The molecule has 4 heterocycles. The van der Waals surface area contributed by atoms with Crippen molar-refractivity contribution in [3.63, 3.8) is 0 Å². The van der Waals surface area contributed by atoms with E-state index in [9.17, 15) is 10.1 Å². The lowest BCUT2D eigenvalue weighted by Crippen LogP contribution is -2.43. The molecule has 1 aliphatic heterocycles. The van der Waals surface area contributed by atoms with E-state index in [-0.39, 0.29) is 25.3 Å². The summed E-state index contributed by atoms with van der Waals surface area (Å²) in [6.45, 7) is 6.50. The first-order valence-electron chi connectivity index (χ1n) is 16.8. The number of tetrazole rings is 1. The first-order chi connectivity index (χ1) is 23.7. The number of nitrogens with one attached hydrogen (secondary N) is 3. The molecule has 49 heavy (non-hydrogen) atoms. The lowest BCUT2D eigenvalue weighted by Gasteiger charge is -2.32. The van der Waals surface area contributed by atoms with Crippen LogP contribution >= 0.6 is 11.6 Å². The number of rotatable bonds is 16. The van der Waals surface area contributed by atoms with Gasteiger partial charge in [0.25, 0.3) is 0 Å². The van der Waals surface area contributed by atoms with E-state index in [4.69, 9.17) is 31.2 Å². The molecular formula is C33H45ClN10O5. The molecule has 5 rings (SSSR count). The second-order valence-electron chi connectivity index (χ2n) is 12.9. The highest BCUT2D eigenvalue weighted by Gasteiger charge is 2.32. The van der Waals surface area contributed by atoms with Crippen molar-refractivity contribution in [3.05, 3.63) is 41.3 Å². The first-order valence-corrected chi connectivity index (χ1v) is 17.2. The number of hydrogen-bond donors (Lipinski definition) is 4. The summed E-state index contributed by atoms with van der Waals surface area (Å²) < 4.78 is 15.8. The lowest BCUT2D eigenvalue weighted by molar-refractivity contribution is 0.0455. The van der Waals surface area contributed by atoms with Gasteiger partial charge in [0.05, 0.1) is 41.5 Å². The van der Waals surface area contributed by atoms with Gasteiger partial charge in [0.2, 0.25) is 0 Å². The summed E-state index contributed by atoms with van der Waals surface area (Å²) in [6.07, 6.45) is 6.26. The van der Waals surface area contributed by atoms with Crippen LogP contribution < -0.4 is 16.0 Å². The molecule has 0 amide bonds. The fourth-order valence-electron chi connectivity index (χ4n) is 6.07. The van der Waals surface area contributed by atoms with Gasteiger partial charge < -0.3 is 35.3 Å². The summed E-state index contributed by atoms with van der Waals surface area (Å²) in [5.74, 6) is 1.93. The zero-order valence-corrected chi connectivity index (χ0v) is 28.7. The maximum atomic E-state index is 10.5. The third-order valence-electron chi connectivity index (χ3n) is 9.00. The van der Waals surface area contributed by atoms with E-state index >= 15 is 0 Å². The molecule has 0 spiro atoms. The molecule has 0 bridgehead atoms. The van der Waals surface area contributed by atoms with E-state index in [0.29, 0.717) is 74.4 Å². The minimum absolute atomic E-state index is 0.0683. The molecule has 2 aliphatic rings. The van der Waals surface area contributed by atoms with Crippen molar-refractivity contribution in [2.75, 3.05) is 43.6 Å². The van der Waals surface area contributed by atoms with Crippen molar-refractivity contribution in [3.8, 4) is 17.3 Å². The molecule has 2 fully saturated rings. The van der Waals surface area contributed by atoms with Crippen molar-refractivity contribution < 1.29 is 24.1 Å². The van der Waals surface area contributed by atoms with Crippen LogP contribution in [0.4, 0.5) is 16.4 Å². The monoisotopic (exact) mass is 696 g/mol. The highest BCUT2D eigenvalue weighted by molar-refractivity contribution is 6.33. The summed E-state index contributed by atoms with van der Waals surface area (Å²) in [6, 6.07) is 10.9. The smallest absolute Gasteiger partial charge is 0.450 e. The number of halogens is 1. The molecule has 3 aromatic rings. The van der Waals surface area contributed by atoms with E-state index in [1.54, 1.807) is 6.20 Å². The summed E-state index contributed by atoms with van der Waals surface area (Å²) in [5.41, 5.74) is 1.08. The third-order valence-corrected chi connectivity index (χ3v) is 9.30. The molecule has 1 saturated heterocycles. The zero-order valence-electron chi connectivity index (χ0n) is 28.0. The second-order valence-corrected chi connectivity index (χ2v) is 13.3. The fourth-order valence-corrected chi connectivity index (χ4v) is 6.27. The van der Waals surface area contributed by atoms with E-state index < -0.39 is 11.6 Å². The van der Waals surface area contributed by atoms with Gasteiger partial charge in [-0.25, -0.2) is 14.8 Å². The Balaban J connectivity index is 1.04. The molecule has 0 aromatic carbocycles. The van der Waals surface area contributed by atoms with Crippen molar-refractivity contribution in [2.24, 2.45) is 5.41 Å². The predicted molar refractivity (Wildman–Crippen MR) is 182 cm³/mol. The summed E-state index contributed by atoms with van der Waals surface area (Å²) in [5, 5.41) is 42.0. The average molecular weight is 697 g/mol. The highest BCUT2D eigenvalue weighted by Crippen LogP contribution is 2.32. The number of pyridine rings is 2. The molecular weight excluding hydrogens is 652 g/mol. The van der Waals surface area contributed by atoms with Crippen LogP contribution in [0.2, 0.25) is 5.02 Å². The van der Waals surface area contributed by atoms with E-state index in [1.807, 2.05) is 31.2 Å². The van der Waals surface area contributed by atoms with E-state index in [2.05, 4.69) is 54.1 Å². The van der Waals surface area contributed by atoms with Gasteiger partial charge >= 0.3 is 6.16 Å². The molecule has 4 N–H and O–H groups in total. The molecule has 1 saturated carbocycles. The number of hydrogen-bond acceptors (Lipinski definition) is 13. The molecule has 1 aliphatic carbocycles. The molecule has 264 valence electrons. The fraction of sp³-hybridized carbons (Fsp3) is 0.606. The Labute approximate surface area is 291 Å². The van der Waals surface area contributed by atoms with Crippen LogP contribution in [0.15, 0.2) is 30.5 Å². The molecule has 0 radical (unpaired) electrons. The third kappa shape index (κ3) is 10.7. The van der Waals surface area contributed by atoms with Crippen molar-refractivity contribution in [1.29, 1.82) is 5.26 Å². The molecule has 2 atom stereocenters. The van der Waals surface area contributed by atoms with Gasteiger partial charge in [0.15, 0.2) is 5.82 Å². The topological polar surface area (TPSA) is 194 Å². The highest BCUT2D eigenvalue weighted by atomic mass is 35.5. The van der Waals surface area contributed by atoms with Crippen LogP contribution in [-0.2, 0) is 20.8 Å². The molecule has 15 nitrogen and oxygen atoms in total. The van der Waals surface area contributed by atoms with Crippen LogP contribution in [0.25, 0.3) is 11.3 Å². The van der Waals surface area contributed by atoms with Crippen molar-refractivity contribution in [1.82, 2.24) is 35.5 Å². The largest absolute Gasteiger partial charge is 0.505 e. The average Bonchev–Trinajstić information content (AvgIpc) is 3.58. The Kier molecular flexibility index (Phi) is 12.9. The minimum Gasteiger partial charge on any atom is -0.450 e. The Morgan fingerprint density at radius 2 is 1.98 bits per heavy atom. The van der Waals surface area contributed by atoms with E-state index in [0.717, 1.165) is 42.8 Å². The van der Waals surface area contributed by atoms with Crippen LogP contribution in [0.1, 0.15) is 70.7 Å². The predicted octanol–water partition coefficient (Wildman–Crippen LogP) is 5.08. The number of carboxylic acid groups (broad SMARTS) is 1. The first kappa shape index (κ1) is 36.2. The summed E-state index contributed by atoms with van der Waals surface area (Å²) in [7, 11) is 0.